The molecule has 2 aliphatic heterocycles. The van der Waals surface area contributed by atoms with Crippen molar-refractivity contribution in [2.24, 2.45) is 5.41 Å². The highest BCUT2D eigenvalue weighted by Gasteiger charge is 2.43. The third-order valence-electron chi connectivity index (χ3n) is 5.64. The maximum absolute atomic E-state index is 13.3. The minimum atomic E-state index is -3.84. The van der Waals surface area contributed by atoms with Crippen LogP contribution < -0.4 is 10.1 Å². The van der Waals surface area contributed by atoms with Gasteiger partial charge in [-0.15, -0.1) is 0 Å². The molecule has 28 heavy (non-hydrogen) atoms. The summed E-state index contributed by atoms with van der Waals surface area (Å²) in [5.74, 6) is 0.0283. The molecule has 1 spiro atoms. The Morgan fingerprint density at radius 2 is 2.00 bits per heavy atom. The van der Waals surface area contributed by atoms with E-state index in [0.29, 0.717) is 19.0 Å². The highest BCUT2D eigenvalue weighted by Crippen LogP contribution is 2.39. The van der Waals surface area contributed by atoms with E-state index in [2.05, 4.69) is 10.2 Å². The van der Waals surface area contributed by atoms with Gasteiger partial charge in [-0.2, -0.15) is 4.31 Å². The topological polar surface area (TPSA) is 88.2 Å². The molecule has 0 aliphatic carbocycles. The molecule has 9 heteroatoms. The Morgan fingerprint density at radius 1 is 1.29 bits per heavy atom. The average Bonchev–Trinajstić information content (AvgIpc) is 2.71. The van der Waals surface area contributed by atoms with Gasteiger partial charge in [-0.3, -0.25) is 4.79 Å². The van der Waals surface area contributed by atoms with Gasteiger partial charge in [0.25, 0.3) is 0 Å². The van der Waals surface area contributed by atoms with Crippen molar-refractivity contribution in [3.63, 3.8) is 0 Å². The molecule has 2 aliphatic rings. The predicted molar refractivity (Wildman–Crippen MR) is 105 cm³/mol. The summed E-state index contributed by atoms with van der Waals surface area (Å²) in [6.45, 7) is 3.74. The molecule has 3 rings (SSSR count). The molecule has 0 unspecified atom stereocenters. The summed E-state index contributed by atoms with van der Waals surface area (Å²) in [6.07, 6.45) is 1.61. The number of methoxy groups -OCH3 is 1. The van der Waals surface area contributed by atoms with E-state index < -0.39 is 10.0 Å². The molecule has 8 nitrogen and oxygen atoms in total. The molecule has 0 radical (unpaired) electrons. The van der Waals surface area contributed by atoms with E-state index in [1.54, 1.807) is 25.3 Å². The summed E-state index contributed by atoms with van der Waals surface area (Å²) in [4.78, 5) is 14.5. The highest BCUT2D eigenvalue weighted by atomic mass is 32.2. The fraction of sp³-hybridized carbons (Fsp3) is 0.632. The van der Waals surface area contributed by atoms with Gasteiger partial charge in [-0.25, -0.2) is 8.42 Å². The van der Waals surface area contributed by atoms with Crippen LogP contribution >= 0.6 is 0 Å². The number of carbonyl (C=O) groups excluding carboxylic acids is 1. The lowest BCUT2D eigenvalue weighted by molar-refractivity contribution is -0.121. The Morgan fingerprint density at radius 3 is 2.68 bits per heavy atom. The number of ether oxygens (including phenoxy) is 2. The number of para-hydroxylation sites is 1. The number of hydrogen-bond acceptors (Lipinski definition) is 6. The van der Waals surface area contributed by atoms with Gasteiger partial charge < -0.3 is 19.7 Å². The molecule has 1 aromatic carbocycles. The molecule has 1 N–H and O–H groups in total. The summed E-state index contributed by atoms with van der Waals surface area (Å²) < 4.78 is 39.1. The van der Waals surface area contributed by atoms with Crippen molar-refractivity contribution in [3.8, 4) is 5.75 Å². The Hall–Kier alpha value is -1.68. The largest absolute Gasteiger partial charge is 0.492 e. The molecule has 0 bridgehead atoms. The number of nitrogens with one attached hydrogen (secondary N) is 1. The fourth-order valence-corrected chi connectivity index (χ4v) is 5.45. The van der Waals surface area contributed by atoms with E-state index in [4.69, 9.17) is 9.47 Å². The summed E-state index contributed by atoms with van der Waals surface area (Å²) >= 11 is 0. The van der Waals surface area contributed by atoms with E-state index in [9.17, 15) is 13.2 Å². The lowest BCUT2D eigenvalue weighted by Gasteiger charge is -2.44. The SMILES string of the molecule is CNC(=O)CN1CC2(CCN(CCOC)CC2)COc2ccccc2S1(=O)=O. The van der Waals surface area contributed by atoms with Gasteiger partial charge in [0.15, 0.2) is 0 Å². The van der Waals surface area contributed by atoms with Crippen LogP contribution in [0.5, 0.6) is 5.75 Å². The van der Waals surface area contributed by atoms with E-state index in [0.717, 1.165) is 32.5 Å². The molecule has 1 aromatic rings. The van der Waals surface area contributed by atoms with Gasteiger partial charge in [0.1, 0.15) is 10.6 Å². The van der Waals surface area contributed by atoms with E-state index in [1.165, 1.54) is 17.4 Å². The lowest BCUT2D eigenvalue weighted by Crippen LogP contribution is -2.53. The quantitative estimate of drug-likeness (QED) is 0.761. The van der Waals surface area contributed by atoms with Gasteiger partial charge in [-0.05, 0) is 38.1 Å². The van der Waals surface area contributed by atoms with Crippen molar-refractivity contribution in [3.05, 3.63) is 24.3 Å². The van der Waals surface area contributed by atoms with Crippen LogP contribution in [-0.4, -0.2) is 83.6 Å². The van der Waals surface area contributed by atoms with Crippen molar-refractivity contribution < 1.29 is 22.7 Å². The summed E-state index contributed by atoms with van der Waals surface area (Å²) in [7, 11) is -0.635. The average molecular weight is 412 g/mol. The maximum atomic E-state index is 13.3. The van der Waals surface area contributed by atoms with Crippen LogP contribution in [0.1, 0.15) is 12.8 Å². The Kier molecular flexibility index (Phi) is 6.59. The van der Waals surface area contributed by atoms with Gasteiger partial charge in [-0.1, -0.05) is 12.1 Å². The number of hydrogen-bond donors (Lipinski definition) is 1. The maximum Gasteiger partial charge on any atom is 0.247 e. The zero-order valence-electron chi connectivity index (χ0n) is 16.5. The lowest BCUT2D eigenvalue weighted by atomic mass is 9.78. The summed E-state index contributed by atoms with van der Waals surface area (Å²) in [6, 6.07) is 6.65. The molecule has 0 atom stereocenters. The van der Waals surface area contributed by atoms with Gasteiger partial charge >= 0.3 is 0 Å². The van der Waals surface area contributed by atoms with Crippen LogP contribution in [0.2, 0.25) is 0 Å². The third-order valence-corrected chi connectivity index (χ3v) is 7.47. The predicted octanol–water partition coefficient (Wildman–Crippen LogP) is 0.544. The molecule has 1 amide bonds. The first-order chi connectivity index (χ1) is 13.4. The van der Waals surface area contributed by atoms with Crippen LogP contribution in [0.25, 0.3) is 0 Å². The molecule has 2 heterocycles. The Labute approximate surface area is 166 Å². The summed E-state index contributed by atoms with van der Waals surface area (Å²) in [5, 5.41) is 2.53. The van der Waals surface area contributed by atoms with Gasteiger partial charge in [0.05, 0.1) is 19.8 Å². The minimum Gasteiger partial charge on any atom is -0.492 e. The molecule has 1 fully saturated rings. The van der Waals surface area contributed by atoms with E-state index >= 15 is 0 Å². The molecule has 1 saturated heterocycles. The Balaban J connectivity index is 1.89. The number of nitrogens with zero attached hydrogens (tertiary/aromatic N) is 2. The summed E-state index contributed by atoms with van der Waals surface area (Å²) in [5.41, 5.74) is -0.321. The normalized spacial score (nSPS) is 21.9. The third kappa shape index (κ3) is 4.48. The second-order valence-electron chi connectivity index (χ2n) is 7.52. The zero-order valence-corrected chi connectivity index (χ0v) is 17.3. The number of benzene rings is 1. The monoisotopic (exact) mass is 411 g/mol. The first-order valence-electron chi connectivity index (χ1n) is 9.54. The number of amides is 1. The van der Waals surface area contributed by atoms with E-state index in [-0.39, 0.29) is 29.3 Å². The zero-order chi connectivity index (χ0) is 20.2. The van der Waals surface area contributed by atoms with Crippen molar-refractivity contribution in [2.45, 2.75) is 17.7 Å². The first kappa shape index (κ1) is 21.0. The van der Waals surface area contributed by atoms with Crippen molar-refractivity contribution in [2.75, 3.05) is 60.1 Å². The highest BCUT2D eigenvalue weighted by molar-refractivity contribution is 7.89. The second kappa shape index (κ2) is 8.77. The van der Waals surface area contributed by atoms with Crippen LogP contribution in [0.4, 0.5) is 0 Å². The van der Waals surface area contributed by atoms with Crippen molar-refractivity contribution in [1.82, 2.24) is 14.5 Å². The van der Waals surface area contributed by atoms with Crippen LogP contribution in [-0.2, 0) is 19.6 Å². The molecule has 0 saturated carbocycles. The number of likely N-dealkylation sites (tertiary alicyclic amines) is 1. The van der Waals surface area contributed by atoms with Gasteiger partial charge in [0, 0.05) is 32.7 Å². The van der Waals surface area contributed by atoms with Crippen LogP contribution in [0.15, 0.2) is 29.2 Å². The number of piperidine rings is 1. The molecule has 0 aromatic heterocycles. The second-order valence-corrected chi connectivity index (χ2v) is 9.42. The van der Waals surface area contributed by atoms with Crippen LogP contribution in [0.3, 0.4) is 0 Å². The standard InChI is InChI=1S/C19H29N3O5S/c1-20-18(23)13-22-14-19(7-9-21(10-8-19)11-12-26-2)15-27-16-5-3-4-6-17(16)28(22,24)25/h3-6H,7-15H2,1-2H3,(H,20,23). The number of fused-ring (bicyclic) bond motifs is 1. The fourth-order valence-electron chi connectivity index (χ4n) is 3.81. The number of likely N-dealkylation sites (N-methyl/N-ethyl adjacent to an activating group) is 1. The van der Waals surface area contributed by atoms with Crippen molar-refractivity contribution in [1.29, 1.82) is 0 Å². The molecular formula is C19H29N3O5S. The first-order valence-corrected chi connectivity index (χ1v) is 11.0. The van der Waals surface area contributed by atoms with Gasteiger partial charge in [0.2, 0.25) is 15.9 Å². The number of rotatable bonds is 5. The van der Waals surface area contributed by atoms with E-state index in [1.807, 2.05) is 0 Å². The minimum absolute atomic E-state index is 0.117. The smallest absolute Gasteiger partial charge is 0.247 e. The number of sulfonamides is 1. The Bertz CT molecular complexity index is 791. The van der Waals surface area contributed by atoms with Crippen molar-refractivity contribution >= 4 is 15.9 Å². The molecule has 156 valence electrons. The molecular weight excluding hydrogens is 382 g/mol. The van der Waals surface area contributed by atoms with Crippen LogP contribution in [0, 0.1) is 5.41 Å². The number of carbonyl (C=O) groups is 1.